The number of rotatable bonds is 4. The smallest absolute Gasteiger partial charge is 0.187 e. The fourth-order valence-electron chi connectivity index (χ4n) is 2.39. The van der Waals surface area contributed by atoms with Gasteiger partial charge in [-0.1, -0.05) is 6.92 Å². The van der Waals surface area contributed by atoms with Crippen LogP contribution in [0.5, 0.6) is 5.75 Å². The van der Waals surface area contributed by atoms with Crippen LogP contribution in [-0.2, 0) is 4.74 Å². The second-order valence-corrected chi connectivity index (χ2v) is 5.29. The Balaban J connectivity index is 2.12. The standard InChI is InChI=1S/C14H18FN3O2S/c1-8-7-10(17-18-14(21)16-5-6-20-2)13-11(19)4-3-9(15)12(8)13/h3-4,8,19H,5-7H2,1-2H3,(H2,16,18,21)/b17-10+/t8-/m0/s1. The molecule has 0 heterocycles. The van der Waals surface area contributed by atoms with E-state index >= 15 is 0 Å². The van der Waals surface area contributed by atoms with Crippen LogP contribution in [0.25, 0.3) is 0 Å². The number of hydrogen-bond donors (Lipinski definition) is 3. The van der Waals surface area contributed by atoms with Gasteiger partial charge < -0.3 is 15.2 Å². The number of hydrogen-bond acceptors (Lipinski definition) is 4. The Labute approximate surface area is 128 Å². The molecule has 1 aromatic rings. The number of phenols is 1. The molecule has 0 radical (unpaired) electrons. The van der Waals surface area contributed by atoms with Crippen molar-refractivity contribution in [1.82, 2.24) is 10.7 Å². The predicted molar refractivity (Wildman–Crippen MR) is 83.2 cm³/mol. The maximum Gasteiger partial charge on any atom is 0.187 e. The molecule has 0 aromatic heterocycles. The van der Waals surface area contributed by atoms with Crippen molar-refractivity contribution in [2.24, 2.45) is 5.10 Å². The molecule has 5 nitrogen and oxygen atoms in total. The van der Waals surface area contributed by atoms with Crippen LogP contribution in [0.2, 0.25) is 0 Å². The molecule has 1 atom stereocenters. The molecule has 0 bridgehead atoms. The SMILES string of the molecule is COCCNC(=S)N/N=C1\C[C@H](C)c2c(F)ccc(O)c21. The van der Waals surface area contributed by atoms with E-state index in [1.807, 2.05) is 6.92 Å². The first-order valence-electron chi connectivity index (χ1n) is 6.65. The van der Waals surface area contributed by atoms with E-state index in [1.165, 1.54) is 12.1 Å². The van der Waals surface area contributed by atoms with E-state index < -0.39 is 0 Å². The molecule has 21 heavy (non-hydrogen) atoms. The monoisotopic (exact) mass is 311 g/mol. The Morgan fingerprint density at radius 2 is 2.33 bits per heavy atom. The van der Waals surface area contributed by atoms with E-state index in [0.717, 1.165) is 0 Å². The molecule has 0 amide bonds. The van der Waals surface area contributed by atoms with Gasteiger partial charge in [-0.3, -0.25) is 5.43 Å². The summed E-state index contributed by atoms with van der Waals surface area (Å²) < 4.78 is 18.8. The molecule has 3 N–H and O–H groups in total. The van der Waals surface area contributed by atoms with Crippen molar-refractivity contribution in [3.05, 3.63) is 29.1 Å². The quantitative estimate of drug-likeness (QED) is 0.450. The van der Waals surface area contributed by atoms with Crippen molar-refractivity contribution in [2.45, 2.75) is 19.3 Å². The van der Waals surface area contributed by atoms with E-state index in [0.29, 0.717) is 41.5 Å². The number of ether oxygens (including phenoxy) is 1. The number of halogens is 1. The summed E-state index contributed by atoms with van der Waals surface area (Å²) >= 11 is 5.07. The van der Waals surface area contributed by atoms with Gasteiger partial charge in [0.05, 0.1) is 12.3 Å². The number of nitrogens with one attached hydrogen (secondary N) is 2. The molecule has 2 rings (SSSR count). The van der Waals surface area contributed by atoms with Gasteiger partial charge in [-0.15, -0.1) is 0 Å². The van der Waals surface area contributed by atoms with Crippen LogP contribution >= 0.6 is 12.2 Å². The number of nitrogens with zero attached hydrogens (tertiary/aromatic N) is 1. The van der Waals surface area contributed by atoms with Gasteiger partial charge in [0, 0.05) is 24.8 Å². The molecular formula is C14H18FN3O2S. The number of hydrazone groups is 1. The fourth-order valence-corrected chi connectivity index (χ4v) is 2.54. The predicted octanol–water partition coefficient (Wildman–Crippen LogP) is 1.85. The third-order valence-electron chi connectivity index (χ3n) is 3.34. The summed E-state index contributed by atoms with van der Waals surface area (Å²) in [5, 5.41) is 17.4. The van der Waals surface area contributed by atoms with Crippen LogP contribution in [0.1, 0.15) is 30.4 Å². The molecule has 1 aliphatic rings. The maximum absolute atomic E-state index is 13.9. The first-order valence-corrected chi connectivity index (χ1v) is 7.06. The maximum atomic E-state index is 13.9. The third kappa shape index (κ3) is 3.48. The van der Waals surface area contributed by atoms with E-state index in [1.54, 1.807) is 7.11 Å². The molecule has 7 heteroatoms. The molecule has 0 fully saturated rings. The Morgan fingerprint density at radius 1 is 1.57 bits per heavy atom. The van der Waals surface area contributed by atoms with E-state index in [9.17, 15) is 9.50 Å². The highest BCUT2D eigenvalue weighted by molar-refractivity contribution is 7.80. The molecule has 0 saturated heterocycles. The molecule has 1 aromatic carbocycles. The topological polar surface area (TPSA) is 65.9 Å². The van der Waals surface area contributed by atoms with Crippen LogP contribution in [0.3, 0.4) is 0 Å². The van der Waals surface area contributed by atoms with Crippen molar-refractivity contribution in [1.29, 1.82) is 0 Å². The normalized spacial score (nSPS) is 18.6. The van der Waals surface area contributed by atoms with Gasteiger partial charge in [0.25, 0.3) is 0 Å². The van der Waals surface area contributed by atoms with E-state index in [4.69, 9.17) is 17.0 Å². The molecular weight excluding hydrogens is 293 g/mol. The van der Waals surface area contributed by atoms with Crippen LogP contribution in [0.15, 0.2) is 17.2 Å². The number of methoxy groups -OCH3 is 1. The first kappa shape index (κ1) is 15.7. The first-order chi connectivity index (χ1) is 10.0. The van der Waals surface area contributed by atoms with Gasteiger partial charge in [0.2, 0.25) is 0 Å². The van der Waals surface area contributed by atoms with Crippen molar-refractivity contribution >= 4 is 23.0 Å². The summed E-state index contributed by atoms with van der Waals surface area (Å²) in [5.41, 5.74) is 4.29. The van der Waals surface area contributed by atoms with Gasteiger partial charge in [-0.2, -0.15) is 5.10 Å². The zero-order chi connectivity index (χ0) is 15.4. The van der Waals surface area contributed by atoms with Gasteiger partial charge >= 0.3 is 0 Å². The van der Waals surface area contributed by atoms with Crippen LogP contribution in [0.4, 0.5) is 4.39 Å². The lowest BCUT2D eigenvalue weighted by molar-refractivity contribution is 0.204. The lowest BCUT2D eigenvalue weighted by atomic mass is 10.0. The molecule has 114 valence electrons. The Bertz CT molecular complexity index is 578. The molecule has 0 saturated carbocycles. The minimum Gasteiger partial charge on any atom is -0.507 e. The van der Waals surface area contributed by atoms with E-state index in [-0.39, 0.29) is 17.5 Å². The summed E-state index contributed by atoms with van der Waals surface area (Å²) in [6.07, 6.45) is 0.553. The zero-order valence-corrected chi connectivity index (χ0v) is 12.8. The van der Waals surface area contributed by atoms with Gasteiger partial charge in [0.1, 0.15) is 11.6 Å². The highest BCUT2D eigenvalue weighted by Crippen LogP contribution is 2.39. The Kier molecular flexibility index (Phi) is 5.08. The summed E-state index contributed by atoms with van der Waals surface area (Å²) in [7, 11) is 1.60. The summed E-state index contributed by atoms with van der Waals surface area (Å²) in [6.45, 7) is 3.00. The number of fused-ring (bicyclic) bond motifs is 1. The third-order valence-corrected chi connectivity index (χ3v) is 3.57. The van der Waals surface area contributed by atoms with Crippen molar-refractivity contribution < 1.29 is 14.2 Å². The summed E-state index contributed by atoms with van der Waals surface area (Å²) in [5.74, 6) is -0.307. The minimum absolute atomic E-state index is 0.0253. The number of thiocarbonyl (C=S) groups is 1. The van der Waals surface area contributed by atoms with Gasteiger partial charge in [-0.05, 0) is 36.7 Å². The van der Waals surface area contributed by atoms with Crippen molar-refractivity contribution in [3.63, 3.8) is 0 Å². The average Bonchev–Trinajstić information content (AvgIpc) is 2.79. The highest BCUT2D eigenvalue weighted by Gasteiger charge is 2.30. The Morgan fingerprint density at radius 3 is 3.05 bits per heavy atom. The van der Waals surface area contributed by atoms with Crippen molar-refractivity contribution in [2.75, 3.05) is 20.3 Å². The highest BCUT2D eigenvalue weighted by atomic mass is 32.1. The number of aromatic hydroxyl groups is 1. The zero-order valence-electron chi connectivity index (χ0n) is 11.9. The van der Waals surface area contributed by atoms with Crippen LogP contribution < -0.4 is 10.7 Å². The lowest BCUT2D eigenvalue weighted by Crippen LogP contribution is -2.34. The summed E-state index contributed by atoms with van der Waals surface area (Å²) in [6, 6.07) is 2.62. The summed E-state index contributed by atoms with van der Waals surface area (Å²) in [4.78, 5) is 0. The second kappa shape index (κ2) is 6.82. The molecule has 0 spiro atoms. The molecule has 0 aliphatic heterocycles. The molecule has 1 aliphatic carbocycles. The fraction of sp³-hybridized carbons (Fsp3) is 0.429. The van der Waals surface area contributed by atoms with Crippen LogP contribution in [-0.4, -0.2) is 36.2 Å². The Hall–Kier alpha value is -1.73. The molecule has 0 unspecified atom stereocenters. The largest absolute Gasteiger partial charge is 0.507 e. The van der Waals surface area contributed by atoms with Gasteiger partial charge in [-0.25, -0.2) is 4.39 Å². The number of benzene rings is 1. The lowest BCUT2D eigenvalue weighted by Gasteiger charge is -2.08. The van der Waals surface area contributed by atoms with E-state index in [2.05, 4.69) is 15.8 Å². The van der Waals surface area contributed by atoms with Crippen LogP contribution in [0, 0.1) is 5.82 Å². The van der Waals surface area contributed by atoms with Crippen molar-refractivity contribution in [3.8, 4) is 5.75 Å². The minimum atomic E-state index is -0.318. The average molecular weight is 311 g/mol. The number of phenolic OH excluding ortho intramolecular Hbond substituents is 1. The van der Waals surface area contributed by atoms with Gasteiger partial charge in [0.15, 0.2) is 5.11 Å². The second-order valence-electron chi connectivity index (χ2n) is 4.88.